The van der Waals surface area contributed by atoms with Gasteiger partial charge in [-0.05, 0) is 27.8 Å². The van der Waals surface area contributed by atoms with E-state index in [4.69, 9.17) is 19.7 Å². The molecule has 124 valence electrons. The van der Waals surface area contributed by atoms with Crippen molar-refractivity contribution in [1.82, 2.24) is 5.32 Å². The molecule has 0 rings (SSSR count). The van der Waals surface area contributed by atoms with Gasteiger partial charge in [-0.2, -0.15) is 13.2 Å². The average molecular weight is 317 g/mol. The third kappa shape index (κ3) is 12.9. The number of likely N-dealkylation sites (N-methyl/N-ethyl adjacent to an activating group) is 1. The Morgan fingerprint density at radius 1 is 1.14 bits per heavy atom. The van der Waals surface area contributed by atoms with Gasteiger partial charge in [-0.25, -0.2) is 4.79 Å². The number of hydrogen-bond donors (Lipinski definition) is 3. The molecule has 21 heavy (non-hydrogen) atoms. The number of nitrogens with one attached hydrogen (secondary N) is 1. The molecule has 0 aliphatic heterocycles. The number of carbonyl (C=O) groups excluding carboxylic acids is 1. The van der Waals surface area contributed by atoms with E-state index < -0.39 is 35.7 Å². The number of carboxylic acid groups (broad SMARTS) is 2. The minimum Gasteiger partial charge on any atom is -0.480 e. The number of alkyl halides is 3. The molecule has 0 heterocycles. The lowest BCUT2D eigenvalue weighted by atomic mass is 10.1. The zero-order valence-corrected chi connectivity index (χ0v) is 11.9. The fourth-order valence-corrected chi connectivity index (χ4v) is 0.863. The van der Waals surface area contributed by atoms with Gasteiger partial charge < -0.3 is 20.3 Å². The van der Waals surface area contributed by atoms with Crippen LogP contribution in [0.3, 0.4) is 0 Å². The standard InChI is InChI=1S/C9H17NO4.C2HF3O2/c1-9(2,3)14-7(11)5-6(10-4)8(12)13;3-2(4,5)1(6)7/h6,10H,5H2,1-4H3,(H,12,13);(H,6,7)/t6-;/m0./s1. The SMILES string of the molecule is CN[C@@H](CC(=O)OC(C)(C)C)C(=O)O.O=C(O)C(F)(F)F. The van der Waals surface area contributed by atoms with Gasteiger partial charge in [0, 0.05) is 0 Å². The maximum absolute atomic E-state index is 11.2. The minimum absolute atomic E-state index is 0.164. The summed E-state index contributed by atoms with van der Waals surface area (Å²) in [6.45, 7) is 5.21. The van der Waals surface area contributed by atoms with Gasteiger partial charge >= 0.3 is 24.1 Å². The van der Waals surface area contributed by atoms with Crippen LogP contribution in [-0.4, -0.2) is 53.0 Å². The number of ether oxygens (including phenoxy) is 1. The van der Waals surface area contributed by atoms with Gasteiger partial charge in [0.1, 0.15) is 11.6 Å². The van der Waals surface area contributed by atoms with Crippen LogP contribution < -0.4 is 5.32 Å². The molecule has 0 bridgehead atoms. The number of carbonyl (C=O) groups is 3. The van der Waals surface area contributed by atoms with Crippen molar-refractivity contribution in [2.45, 2.75) is 45.0 Å². The summed E-state index contributed by atoms with van der Waals surface area (Å²) < 4.78 is 36.7. The first kappa shape index (κ1) is 21.5. The van der Waals surface area contributed by atoms with Crippen LogP contribution in [0.25, 0.3) is 0 Å². The quantitative estimate of drug-likeness (QED) is 0.663. The first-order valence-corrected chi connectivity index (χ1v) is 5.62. The fraction of sp³-hybridized carbons (Fsp3) is 0.727. The van der Waals surface area contributed by atoms with Crippen molar-refractivity contribution >= 4 is 17.9 Å². The highest BCUT2D eigenvalue weighted by molar-refractivity contribution is 5.81. The second-order valence-corrected chi connectivity index (χ2v) is 4.77. The third-order valence-electron chi connectivity index (χ3n) is 1.68. The smallest absolute Gasteiger partial charge is 0.480 e. The first-order valence-electron chi connectivity index (χ1n) is 5.62. The summed E-state index contributed by atoms with van der Waals surface area (Å²) in [6, 6.07) is -0.884. The zero-order chi connectivity index (χ0) is 17.4. The Labute approximate surface area is 119 Å². The van der Waals surface area contributed by atoms with Crippen molar-refractivity contribution < 1.29 is 42.5 Å². The fourth-order valence-electron chi connectivity index (χ4n) is 0.863. The Balaban J connectivity index is 0. The van der Waals surface area contributed by atoms with Gasteiger partial charge in [-0.3, -0.25) is 9.59 Å². The molecular formula is C11H18F3NO6. The average Bonchev–Trinajstić information content (AvgIpc) is 2.22. The van der Waals surface area contributed by atoms with Crippen molar-refractivity contribution in [3.8, 4) is 0 Å². The topological polar surface area (TPSA) is 113 Å². The van der Waals surface area contributed by atoms with Crippen LogP contribution in [0.2, 0.25) is 0 Å². The molecule has 0 aliphatic carbocycles. The molecule has 0 aromatic rings. The van der Waals surface area contributed by atoms with E-state index in [0.29, 0.717) is 0 Å². The monoisotopic (exact) mass is 317 g/mol. The molecule has 7 nitrogen and oxygen atoms in total. The predicted molar refractivity (Wildman–Crippen MR) is 64.6 cm³/mol. The Kier molecular flexibility index (Phi) is 8.63. The highest BCUT2D eigenvalue weighted by atomic mass is 19.4. The van der Waals surface area contributed by atoms with Crippen molar-refractivity contribution in [3.63, 3.8) is 0 Å². The van der Waals surface area contributed by atoms with Crippen LogP contribution >= 0.6 is 0 Å². The van der Waals surface area contributed by atoms with E-state index in [1.807, 2.05) is 0 Å². The summed E-state index contributed by atoms with van der Waals surface area (Å²) in [4.78, 5) is 30.7. The number of hydrogen-bond acceptors (Lipinski definition) is 5. The molecule has 3 N–H and O–H groups in total. The molecule has 0 spiro atoms. The zero-order valence-electron chi connectivity index (χ0n) is 11.9. The first-order chi connectivity index (χ1) is 9.20. The van der Waals surface area contributed by atoms with E-state index in [2.05, 4.69) is 5.32 Å². The van der Waals surface area contributed by atoms with Crippen molar-refractivity contribution in [2.24, 2.45) is 0 Å². The number of aliphatic carboxylic acids is 2. The predicted octanol–water partition coefficient (Wildman–Crippen LogP) is 1.02. The Bertz CT molecular complexity index is 375. The Hall–Kier alpha value is -1.84. The van der Waals surface area contributed by atoms with E-state index in [1.165, 1.54) is 7.05 Å². The number of rotatable bonds is 4. The van der Waals surface area contributed by atoms with Crippen LogP contribution in [0.4, 0.5) is 13.2 Å². The molecule has 0 saturated carbocycles. The Morgan fingerprint density at radius 2 is 1.52 bits per heavy atom. The van der Waals surface area contributed by atoms with Crippen LogP contribution in [0.1, 0.15) is 27.2 Å². The highest BCUT2D eigenvalue weighted by Gasteiger charge is 2.38. The molecule has 10 heteroatoms. The van der Waals surface area contributed by atoms with E-state index in [1.54, 1.807) is 20.8 Å². The molecule has 0 aromatic carbocycles. The molecule has 0 aliphatic rings. The lowest BCUT2D eigenvalue weighted by Gasteiger charge is -2.20. The second-order valence-electron chi connectivity index (χ2n) is 4.77. The molecule has 1 atom stereocenters. The van der Waals surface area contributed by atoms with Crippen molar-refractivity contribution in [2.75, 3.05) is 7.05 Å². The van der Waals surface area contributed by atoms with Gasteiger partial charge in [0.2, 0.25) is 0 Å². The third-order valence-corrected chi connectivity index (χ3v) is 1.68. The van der Waals surface area contributed by atoms with E-state index >= 15 is 0 Å². The summed E-state index contributed by atoms with van der Waals surface area (Å²) in [5.41, 5.74) is -0.576. The number of carboxylic acids is 2. The molecular weight excluding hydrogens is 299 g/mol. The second kappa shape index (κ2) is 8.45. The summed E-state index contributed by atoms with van der Waals surface area (Å²) in [5.74, 6) is -4.33. The summed E-state index contributed by atoms with van der Waals surface area (Å²) in [6.07, 6.45) is -5.25. The summed E-state index contributed by atoms with van der Waals surface area (Å²) >= 11 is 0. The van der Waals surface area contributed by atoms with E-state index in [9.17, 15) is 22.8 Å². The largest absolute Gasteiger partial charge is 0.490 e. The number of halogens is 3. The van der Waals surface area contributed by atoms with Gasteiger partial charge in [0.15, 0.2) is 0 Å². The highest BCUT2D eigenvalue weighted by Crippen LogP contribution is 2.13. The van der Waals surface area contributed by atoms with Crippen molar-refractivity contribution in [3.05, 3.63) is 0 Å². The molecule has 0 radical (unpaired) electrons. The van der Waals surface area contributed by atoms with Crippen LogP contribution in [0.5, 0.6) is 0 Å². The van der Waals surface area contributed by atoms with Crippen LogP contribution in [0, 0.1) is 0 Å². The van der Waals surface area contributed by atoms with E-state index in [0.717, 1.165) is 0 Å². The molecule has 0 fully saturated rings. The minimum atomic E-state index is -5.08. The van der Waals surface area contributed by atoms with Crippen LogP contribution in [0.15, 0.2) is 0 Å². The molecule has 0 saturated heterocycles. The number of esters is 1. The van der Waals surface area contributed by atoms with Gasteiger partial charge in [0.05, 0.1) is 6.42 Å². The van der Waals surface area contributed by atoms with E-state index in [-0.39, 0.29) is 6.42 Å². The van der Waals surface area contributed by atoms with Crippen molar-refractivity contribution in [1.29, 1.82) is 0 Å². The maximum Gasteiger partial charge on any atom is 0.490 e. The lowest BCUT2D eigenvalue weighted by Crippen LogP contribution is -2.37. The van der Waals surface area contributed by atoms with Gasteiger partial charge in [-0.1, -0.05) is 0 Å². The van der Waals surface area contributed by atoms with Gasteiger partial charge in [-0.15, -0.1) is 0 Å². The summed E-state index contributed by atoms with van der Waals surface area (Å²) in [5, 5.41) is 18.3. The molecule has 0 amide bonds. The molecule has 0 unspecified atom stereocenters. The van der Waals surface area contributed by atoms with Gasteiger partial charge in [0.25, 0.3) is 0 Å². The summed E-state index contributed by atoms with van der Waals surface area (Å²) in [7, 11) is 1.49. The van der Waals surface area contributed by atoms with Crippen LogP contribution in [-0.2, 0) is 19.1 Å². The lowest BCUT2D eigenvalue weighted by molar-refractivity contribution is -0.192. The molecule has 0 aromatic heterocycles. The normalized spacial score (nSPS) is 12.7. The maximum atomic E-state index is 11.2. The Morgan fingerprint density at radius 3 is 1.71 bits per heavy atom.